The molecule has 0 bridgehead atoms. The van der Waals surface area contributed by atoms with E-state index < -0.39 is 0 Å². The Labute approximate surface area is 135 Å². The molecule has 0 unspecified atom stereocenters. The molecule has 3 nitrogen and oxygen atoms in total. The van der Waals surface area contributed by atoms with Crippen LogP contribution in [0.25, 0.3) is 0 Å². The van der Waals surface area contributed by atoms with Crippen molar-refractivity contribution in [3.8, 4) is 0 Å². The van der Waals surface area contributed by atoms with Crippen molar-refractivity contribution >= 4 is 5.71 Å². The number of nitrogens with zero attached hydrogens (tertiary/aromatic N) is 1. The van der Waals surface area contributed by atoms with Gasteiger partial charge in [0.25, 0.3) is 0 Å². The summed E-state index contributed by atoms with van der Waals surface area (Å²) in [6.07, 6.45) is 7.86. The highest BCUT2D eigenvalue weighted by atomic mass is 14.9. The Kier molecular flexibility index (Phi) is 7.16. The number of hydrogen-bond donors (Lipinski definition) is 2. The lowest BCUT2D eigenvalue weighted by atomic mass is 9.87. The van der Waals surface area contributed by atoms with Crippen LogP contribution in [0.5, 0.6) is 0 Å². The minimum atomic E-state index is 0.775. The van der Waals surface area contributed by atoms with Gasteiger partial charge in [0.2, 0.25) is 0 Å². The topological polar surface area (TPSA) is 50.4 Å². The normalized spacial score (nSPS) is 17.9. The average Bonchev–Trinajstić information content (AvgIpc) is 2.47. The van der Waals surface area contributed by atoms with Crippen molar-refractivity contribution in [2.75, 3.05) is 13.6 Å². The maximum absolute atomic E-state index is 6.14. The number of nitrogens with one attached hydrogen (secondary N) is 1. The molecule has 0 aromatic carbocycles. The van der Waals surface area contributed by atoms with Gasteiger partial charge in [0.1, 0.15) is 0 Å². The number of rotatable bonds is 6. The summed E-state index contributed by atoms with van der Waals surface area (Å²) < 4.78 is 0. The van der Waals surface area contributed by atoms with Crippen LogP contribution in [-0.2, 0) is 0 Å². The highest BCUT2D eigenvalue weighted by Crippen LogP contribution is 2.31. The molecule has 3 N–H and O–H groups in total. The molecule has 0 saturated heterocycles. The third kappa shape index (κ3) is 4.62. The minimum absolute atomic E-state index is 0.775. The molecule has 0 aromatic heterocycles. The zero-order valence-electron chi connectivity index (χ0n) is 15.0. The molecule has 0 aliphatic heterocycles. The van der Waals surface area contributed by atoms with Gasteiger partial charge in [-0.2, -0.15) is 0 Å². The lowest BCUT2D eigenvalue weighted by Crippen LogP contribution is -2.19. The number of likely N-dealkylation sites (N-methyl/N-ethyl adjacent to an activating group) is 1. The Morgan fingerprint density at radius 2 is 1.77 bits per heavy atom. The van der Waals surface area contributed by atoms with Gasteiger partial charge in [-0.1, -0.05) is 6.08 Å². The molecule has 3 heteroatoms. The molecule has 22 heavy (non-hydrogen) atoms. The fourth-order valence-electron chi connectivity index (χ4n) is 2.34. The number of aliphatic imine (C=N–C) groups is 1. The van der Waals surface area contributed by atoms with E-state index in [0.29, 0.717) is 0 Å². The van der Waals surface area contributed by atoms with Gasteiger partial charge in [-0.3, -0.25) is 4.99 Å². The number of nitrogens with two attached hydrogens (primary N) is 1. The molecule has 0 amide bonds. The molecule has 1 aliphatic carbocycles. The van der Waals surface area contributed by atoms with Crippen LogP contribution in [0, 0.1) is 0 Å². The second-order valence-corrected chi connectivity index (χ2v) is 5.89. The maximum atomic E-state index is 6.14. The number of hydrogen-bond acceptors (Lipinski definition) is 3. The zero-order chi connectivity index (χ0) is 16.7. The Balaban J connectivity index is 3.02. The summed E-state index contributed by atoms with van der Waals surface area (Å²) >= 11 is 0. The fourth-order valence-corrected chi connectivity index (χ4v) is 2.34. The van der Waals surface area contributed by atoms with Crippen LogP contribution in [0.3, 0.4) is 0 Å². The van der Waals surface area contributed by atoms with Crippen LogP contribution in [0.2, 0.25) is 0 Å². The Hall–Kier alpha value is -1.77. The monoisotopic (exact) mass is 301 g/mol. The Bertz CT molecular complexity index is 551. The van der Waals surface area contributed by atoms with Crippen molar-refractivity contribution < 1.29 is 0 Å². The first-order chi connectivity index (χ1) is 10.4. The highest BCUT2D eigenvalue weighted by Gasteiger charge is 2.15. The van der Waals surface area contributed by atoms with E-state index in [1.165, 1.54) is 36.1 Å². The van der Waals surface area contributed by atoms with Crippen molar-refractivity contribution in [1.29, 1.82) is 0 Å². The number of allylic oxidation sites excluding steroid dienone is 6. The molecule has 0 radical (unpaired) electrons. The molecule has 0 spiro atoms. The first kappa shape index (κ1) is 18.3. The Morgan fingerprint density at radius 3 is 2.23 bits per heavy atom. The smallest absolute Gasteiger partial charge is 0.0364 e. The molecule has 1 rings (SSSR count). The highest BCUT2D eigenvalue weighted by molar-refractivity contribution is 5.98. The molecule has 122 valence electrons. The minimum Gasteiger partial charge on any atom is -0.398 e. The first-order valence-corrected chi connectivity index (χ1v) is 8.14. The molecular formula is C19H31N3. The second kappa shape index (κ2) is 8.62. The lowest BCUT2D eigenvalue weighted by Gasteiger charge is -2.24. The zero-order valence-corrected chi connectivity index (χ0v) is 15.0. The van der Waals surface area contributed by atoms with Gasteiger partial charge in [-0.05, 0) is 82.2 Å². The summed E-state index contributed by atoms with van der Waals surface area (Å²) in [5.74, 6) is 0. The molecule has 1 saturated carbocycles. The first-order valence-electron chi connectivity index (χ1n) is 8.14. The lowest BCUT2D eigenvalue weighted by molar-refractivity contribution is 0.634. The van der Waals surface area contributed by atoms with Crippen molar-refractivity contribution in [2.24, 2.45) is 10.7 Å². The van der Waals surface area contributed by atoms with Crippen LogP contribution in [0.1, 0.15) is 53.9 Å². The van der Waals surface area contributed by atoms with Gasteiger partial charge in [-0.25, -0.2) is 0 Å². The quantitative estimate of drug-likeness (QED) is 0.569. The van der Waals surface area contributed by atoms with E-state index >= 15 is 0 Å². The standard InChI is InChI=1S/C19H31N3/c1-7-22-19(17-9-8-10-17)14(3)13(2)11-12-18(20)15(4)16(5)21-6/h11-12,22H,7-10,20H2,1-6H3/b12-11+,14-13+,18-15?,21-16?. The molecule has 0 aromatic rings. The van der Waals surface area contributed by atoms with Gasteiger partial charge >= 0.3 is 0 Å². The van der Waals surface area contributed by atoms with Crippen LogP contribution >= 0.6 is 0 Å². The Morgan fingerprint density at radius 1 is 1.14 bits per heavy atom. The largest absolute Gasteiger partial charge is 0.398 e. The third-order valence-electron chi connectivity index (χ3n) is 4.45. The van der Waals surface area contributed by atoms with E-state index in [9.17, 15) is 0 Å². The van der Waals surface area contributed by atoms with Crippen molar-refractivity contribution in [3.05, 3.63) is 45.8 Å². The third-order valence-corrected chi connectivity index (χ3v) is 4.45. The van der Waals surface area contributed by atoms with Gasteiger partial charge < -0.3 is 11.1 Å². The molecule has 0 atom stereocenters. The summed E-state index contributed by atoms with van der Waals surface area (Å²) in [5.41, 5.74) is 14.4. The summed E-state index contributed by atoms with van der Waals surface area (Å²) in [6.45, 7) is 11.4. The molecule has 1 aliphatic rings. The van der Waals surface area contributed by atoms with E-state index in [1.807, 2.05) is 19.9 Å². The van der Waals surface area contributed by atoms with Crippen LogP contribution in [0.4, 0.5) is 0 Å². The van der Waals surface area contributed by atoms with Gasteiger partial charge in [0.05, 0.1) is 0 Å². The molecule has 1 fully saturated rings. The van der Waals surface area contributed by atoms with Crippen molar-refractivity contribution in [3.63, 3.8) is 0 Å². The predicted octanol–water partition coefficient (Wildman–Crippen LogP) is 4.25. The van der Waals surface area contributed by atoms with Crippen molar-refractivity contribution in [2.45, 2.75) is 53.9 Å². The fraction of sp³-hybridized carbons (Fsp3) is 0.526. The van der Waals surface area contributed by atoms with Crippen LogP contribution in [-0.4, -0.2) is 19.3 Å². The van der Waals surface area contributed by atoms with Gasteiger partial charge in [-0.15, -0.1) is 0 Å². The summed E-state index contributed by atoms with van der Waals surface area (Å²) in [6, 6.07) is 0. The van der Waals surface area contributed by atoms with E-state index in [0.717, 1.165) is 23.5 Å². The van der Waals surface area contributed by atoms with E-state index in [1.54, 1.807) is 12.6 Å². The van der Waals surface area contributed by atoms with Crippen LogP contribution < -0.4 is 11.1 Å². The molecular weight excluding hydrogens is 270 g/mol. The second-order valence-electron chi connectivity index (χ2n) is 5.89. The van der Waals surface area contributed by atoms with E-state index in [-0.39, 0.29) is 0 Å². The van der Waals surface area contributed by atoms with Crippen molar-refractivity contribution in [1.82, 2.24) is 5.32 Å². The van der Waals surface area contributed by atoms with Crippen LogP contribution in [0.15, 0.2) is 50.8 Å². The van der Waals surface area contributed by atoms with E-state index in [4.69, 9.17) is 5.73 Å². The SMILES string of the molecule is CCNC(=C1CCC1)/C(C)=C(C)/C=C/C(N)=C(C)C(C)=NC. The average molecular weight is 301 g/mol. The predicted molar refractivity (Wildman–Crippen MR) is 98.0 cm³/mol. The maximum Gasteiger partial charge on any atom is 0.0364 e. The van der Waals surface area contributed by atoms with E-state index in [2.05, 4.69) is 37.2 Å². The summed E-state index contributed by atoms with van der Waals surface area (Å²) in [5, 5.41) is 3.53. The van der Waals surface area contributed by atoms with Gasteiger partial charge in [0.15, 0.2) is 0 Å². The van der Waals surface area contributed by atoms with Gasteiger partial charge in [0, 0.05) is 30.7 Å². The summed E-state index contributed by atoms with van der Waals surface area (Å²) in [4.78, 5) is 4.18. The summed E-state index contributed by atoms with van der Waals surface area (Å²) in [7, 11) is 1.79. The molecule has 0 heterocycles.